The van der Waals surface area contributed by atoms with Crippen LogP contribution in [-0.2, 0) is 0 Å². The molecule has 0 aliphatic carbocycles. The van der Waals surface area contributed by atoms with E-state index in [9.17, 15) is 0 Å². The molecule has 0 spiro atoms. The van der Waals surface area contributed by atoms with Crippen molar-refractivity contribution in [2.24, 2.45) is 0 Å². The molecule has 1 saturated heterocycles. The summed E-state index contributed by atoms with van der Waals surface area (Å²) in [4.78, 5) is 7.22. The van der Waals surface area contributed by atoms with Gasteiger partial charge in [-0.2, -0.15) is 0 Å². The van der Waals surface area contributed by atoms with E-state index >= 15 is 0 Å². The third kappa shape index (κ3) is 1.93. The Morgan fingerprint density at radius 3 is 3.11 bits per heavy atom. The number of fused-ring (bicyclic) bond motifs is 1. The Balaban J connectivity index is 1.99. The summed E-state index contributed by atoms with van der Waals surface area (Å²) >= 11 is 0. The lowest BCUT2D eigenvalue weighted by atomic mass is 9.97. The van der Waals surface area contributed by atoms with Crippen LogP contribution < -0.4 is 0 Å². The SMILES string of the molecule is CCN1CCCC(c2ncc3cccc(C)n23)C1. The molecule has 3 heteroatoms. The fourth-order valence-corrected chi connectivity index (χ4v) is 3.08. The van der Waals surface area contributed by atoms with Crippen molar-refractivity contribution in [3.63, 3.8) is 0 Å². The van der Waals surface area contributed by atoms with E-state index in [-0.39, 0.29) is 0 Å². The lowest BCUT2D eigenvalue weighted by Crippen LogP contribution is -2.34. The van der Waals surface area contributed by atoms with Gasteiger partial charge in [0, 0.05) is 18.2 Å². The molecule has 2 aromatic rings. The zero-order chi connectivity index (χ0) is 12.5. The maximum Gasteiger partial charge on any atom is 0.117 e. The molecule has 0 radical (unpaired) electrons. The van der Waals surface area contributed by atoms with Crippen molar-refractivity contribution in [1.82, 2.24) is 14.3 Å². The zero-order valence-electron chi connectivity index (χ0n) is 11.3. The molecule has 0 amide bonds. The maximum atomic E-state index is 4.68. The highest BCUT2D eigenvalue weighted by Gasteiger charge is 2.23. The van der Waals surface area contributed by atoms with Gasteiger partial charge >= 0.3 is 0 Å². The summed E-state index contributed by atoms with van der Waals surface area (Å²) in [6, 6.07) is 6.41. The summed E-state index contributed by atoms with van der Waals surface area (Å²) in [7, 11) is 0. The van der Waals surface area contributed by atoms with Crippen molar-refractivity contribution in [2.45, 2.75) is 32.6 Å². The van der Waals surface area contributed by atoms with Gasteiger partial charge in [-0.3, -0.25) is 0 Å². The minimum atomic E-state index is 0.585. The topological polar surface area (TPSA) is 20.5 Å². The van der Waals surface area contributed by atoms with Crippen LogP contribution in [0.2, 0.25) is 0 Å². The van der Waals surface area contributed by atoms with Crippen LogP contribution in [0.15, 0.2) is 24.4 Å². The highest BCUT2D eigenvalue weighted by molar-refractivity contribution is 5.47. The first-order valence-corrected chi connectivity index (χ1v) is 6.95. The van der Waals surface area contributed by atoms with E-state index in [0.29, 0.717) is 5.92 Å². The maximum absolute atomic E-state index is 4.68. The molecule has 1 aliphatic rings. The van der Waals surface area contributed by atoms with Gasteiger partial charge in [0.2, 0.25) is 0 Å². The first kappa shape index (κ1) is 11.7. The second-order valence-electron chi connectivity index (χ2n) is 5.28. The molecule has 18 heavy (non-hydrogen) atoms. The van der Waals surface area contributed by atoms with Gasteiger partial charge in [0.25, 0.3) is 0 Å². The van der Waals surface area contributed by atoms with Crippen molar-refractivity contribution in [3.8, 4) is 0 Å². The number of pyridine rings is 1. The van der Waals surface area contributed by atoms with Gasteiger partial charge in [-0.05, 0) is 45.0 Å². The van der Waals surface area contributed by atoms with E-state index in [0.717, 1.165) is 13.1 Å². The summed E-state index contributed by atoms with van der Waals surface area (Å²) in [6.07, 6.45) is 4.57. The molecule has 1 atom stereocenters. The third-order valence-electron chi connectivity index (χ3n) is 4.09. The second kappa shape index (κ2) is 4.73. The normalized spacial score (nSPS) is 21.6. The van der Waals surface area contributed by atoms with Gasteiger partial charge in [-0.1, -0.05) is 13.0 Å². The molecular formula is C15H21N3. The minimum Gasteiger partial charge on any atom is -0.303 e. The predicted octanol–water partition coefficient (Wildman–Crippen LogP) is 2.84. The van der Waals surface area contributed by atoms with Gasteiger partial charge in [0.1, 0.15) is 5.82 Å². The Labute approximate surface area is 108 Å². The molecule has 0 aromatic carbocycles. The molecule has 0 N–H and O–H groups in total. The van der Waals surface area contributed by atoms with Crippen molar-refractivity contribution in [3.05, 3.63) is 35.9 Å². The Morgan fingerprint density at radius 2 is 2.28 bits per heavy atom. The minimum absolute atomic E-state index is 0.585. The number of hydrogen-bond acceptors (Lipinski definition) is 2. The molecule has 1 aliphatic heterocycles. The lowest BCUT2D eigenvalue weighted by Gasteiger charge is -2.31. The highest BCUT2D eigenvalue weighted by atomic mass is 15.1. The second-order valence-corrected chi connectivity index (χ2v) is 5.28. The van der Waals surface area contributed by atoms with Gasteiger partial charge in [-0.25, -0.2) is 4.98 Å². The quantitative estimate of drug-likeness (QED) is 0.808. The first-order chi connectivity index (χ1) is 8.79. The average molecular weight is 243 g/mol. The van der Waals surface area contributed by atoms with Crippen molar-refractivity contribution in [2.75, 3.05) is 19.6 Å². The molecule has 0 bridgehead atoms. The predicted molar refractivity (Wildman–Crippen MR) is 74.0 cm³/mol. The van der Waals surface area contributed by atoms with E-state index in [1.807, 2.05) is 6.20 Å². The Morgan fingerprint density at radius 1 is 1.39 bits per heavy atom. The molecule has 2 aromatic heterocycles. The number of piperidine rings is 1. The molecular weight excluding hydrogens is 222 g/mol. The fourth-order valence-electron chi connectivity index (χ4n) is 3.08. The van der Waals surface area contributed by atoms with Crippen LogP contribution in [0.3, 0.4) is 0 Å². The van der Waals surface area contributed by atoms with E-state index < -0.39 is 0 Å². The number of nitrogens with zero attached hydrogens (tertiary/aromatic N) is 3. The van der Waals surface area contributed by atoms with Crippen LogP contribution in [-0.4, -0.2) is 33.9 Å². The number of rotatable bonds is 2. The molecule has 3 nitrogen and oxygen atoms in total. The molecule has 1 fully saturated rings. The number of aromatic nitrogens is 2. The van der Waals surface area contributed by atoms with Crippen LogP contribution in [0.1, 0.15) is 37.2 Å². The van der Waals surface area contributed by atoms with Gasteiger partial charge in [-0.15, -0.1) is 0 Å². The van der Waals surface area contributed by atoms with Crippen molar-refractivity contribution in [1.29, 1.82) is 0 Å². The van der Waals surface area contributed by atoms with E-state index in [1.54, 1.807) is 0 Å². The van der Waals surface area contributed by atoms with Crippen molar-refractivity contribution >= 4 is 5.52 Å². The standard InChI is InChI=1S/C15H21N3/c1-3-17-9-5-7-13(11-17)15-16-10-14-8-4-6-12(2)18(14)15/h4,6,8,10,13H,3,5,7,9,11H2,1-2H3. The third-order valence-corrected chi connectivity index (χ3v) is 4.09. The van der Waals surface area contributed by atoms with Crippen LogP contribution in [0, 0.1) is 6.92 Å². The summed E-state index contributed by atoms with van der Waals surface area (Å²) in [5.74, 6) is 1.84. The summed E-state index contributed by atoms with van der Waals surface area (Å²) in [5, 5.41) is 0. The van der Waals surface area contributed by atoms with E-state index in [2.05, 4.69) is 46.3 Å². The molecule has 0 saturated carbocycles. The number of likely N-dealkylation sites (N-methyl/N-ethyl adjacent to an activating group) is 1. The van der Waals surface area contributed by atoms with Crippen LogP contribution in [0.5, 0.6) is 0 Å². The monoisotopic (exact) mass is 243 g/mol. The van der Waals surface area contributed by atoms with Crippen molar-refractivity contribution < 1.29 is 0 Å². The smallest absolute Gasteiger partial charge is 0.117 e. The Kier molecular flexibility index (Phi) is 3.08. The van der Waals surface area contributed by atoms with E-state index in [1.165, 1.54) is 36.4 Å². The lowest BCUT2D eigenvalue weighted by molar-refractivity contribution is 0.213. The summed E-state index contributed by atoms with van der Waals surface area (Å²) in [6.45, 7) is 7.97. The zero-order valence-corrected chi connectivity index (χ0v) is 11.3. The number of aryl methyl sites for hydroxylation is 1. The van der Waals surface area contributed by atoms with Gasteiger partial charge in [0.05, 0.1) is 11.7 Å². The van der Waals surface area contributed by atoms with Crippen LogP contribution >= 0.6 is 0 Å². The molecule has 96 valence electrons. The summed E-state index contributed by atoms with van der Waals surface area (Å²) in [5.41, 5.74) is 2.51. The van der Waals surface area contributed by atoms with Crippen LogP contribution in [0.25, 0.3) is 5.52 Å². The molecule has 3 heterocycles. The number of hydrogen-bond donors (Lipinski definition) is 0. The fraction of sp³-hybridized carbons (Fsp3) is 0.533. The van der Waals surface area contributed by atoms with Gasteiger partial charge in [0.15, 0.2) is 0 Å². The summed E-state index contributed by atoms with van der Waals surface area (Å²) < 4.78 is 2.32. The van der Waals surface area contributed by atoms with E-state index in [4.69, 9.17) is 0 Å². The largest absolute Gasteiger partial charge is 0.303 e. The molecule has 3 rings (SSSR count). The number of imidazole rings is 1. The Bertz CT molecular complexity index is 544. The number of likely N-dealkylation sites (tertiary alicyclic amines) is 1. The van der Waals surface area contributed by atoms with Gasteiger partial charge < -0.3 is 9.30 Å². The van der Waals surface area contributed by atoms with Crippen LogP contribution in [0.4, 0.5) is 0 Å². The molecule has 1 unspecified atom stereocenters. The average Bonchev–Trinajstić information content (AvgIpc) is 2.84. The highest BCUT2D eigenvalue weighted by Crippen LogP contribution is 2.27. The Hall–Kier alpha value is -1.35. The first-order valence-electron chi connectivity index (χ1n) is 6.95.